The highest BCUT2D eigenvalue weighted by molar-refractivity contribution is 5.90. The third kappa shape index (κ3) is 5.22. The van der Waals surface area contributed by atoms with E-state index in [2.05, 4.69) is 20.7 Å². The SMILES string of the molecule is CC(NC(=O)c1nc(C2CC2)n(-c2ccccc2)n1)c1ccc(OCC(=O)NC2CC2)cc1. The molecule has 2 saturated carbocycles. The monoisotopic (exact) mass is 445 g/mol. The number of aromatic nitrogens is 3. The van der Waals surface area contributed by atoms with Gasteiger partial charge in [-0.1, -0.05) is 30.3 Å². The Hall–Kier alpha value is -3.68. The first-order valence-corrected chi connectivity index (χ1v) is 11.4. The van der Waals surface area contributed by atoms with Crippen molar-refractivity contribution in [2.75, 3.05) is 6.61 Å². The molecule has 0 bridgehead atoms. The number of hydrogen-bond donors (Lipinski definition) is 2. The number of para-hydroxylation sites is 1. The number of ether oxygens (including phenoxy) is 1. The van der Waals surface area contributed by atoms with Gasteiger partial charge in [0.1, 0.15) is 11.6 Å². The molecule has 170 valence electrons. The third-order valence-corrected chi connectivity index (χ3v) is 5.82. The van der Waals surface area contributed by atoms with E-state index in [1.54, 1.807) is 16.8 Å². The summed E-state index contributed by atoms with van der Waals surface area (Å²) < 4.78 is 7.33. The topological polar surface area (TPSA) is 98.1 Å². The highest BCUT2D eigenvalue weighted by Gasteiger charge is 2.31. The van der Waals surface area contributed by atoms with Gasteiger partial charge in [0.2, 0.25) is 5.82 Å². The van der Waals surface area contributed by atoms with Gasteiger partial charge in [0.25, 0.3) is 11.8 Å². The van der Waals surface area contributed by atoms with Gasteiger partial charge in [0.05, 0.1) is 11.7 Å². The van der Waals surface area contributed by atoms with Crippen LogP contribution in [0.15, 0.2) is 54.6 Å². The highest BCUT2D eigenvalue weighted by atomic mass is 16.5. The van der Waals surface area contributed by atoms with E-state index >= 15 is 0 Å². The average molecular weight is 446 g/mol. The minimum absolute atomic E-state index is 0.00120. The first-order chi connectivity index (χ1) is 16.1. The number of carbonyl (C=O) groups excluding carboxylic acids is 2. The molecule has 2 N–H and O–H groups in total. The van der Waals surface area contributed by atoms with Crippen molar-refractivity contribution in [3.63, 3.8) is 0 Å². The van der Waals surface area contributed by atoms with E-state index in [9.17, 15) is 9.59 Å². The molecule has 2 aliphatic rings. The van der Waals surface area contributed by atoms with Gasteiger partial charge in [-0.15, -0.1) is 5.10 Å². The van der Waals surface area contributed by atoms with Gasteiger partial charge in [-0.05, 0) is 62.4 Å². The van der Waals surface area contributed by atoms with Gasteiger partial charge < -0.3 is 15.4 Å². The van der Waals surface area contributed by atoms with Crippen LogP contribution in [0.25, 0.3) is 5.69 Å². The molecule has 0 aliphatic heterocycles. The molecule has 2 aromatic carbocycles. The molecule has 1 unspecified atom stereocenters. The lowest BCUT2D eigenvalue weighted by molar-refractivity contribution is -0.123. The molecule has 1 heterocycles. The van der Waals surface area contributed by atoms with Crippen LogP contribution in [0.4, 0.5) is 0 Å². The Bertz CT molecular complexity index is 1130. The predicted molar refractivity (Wildman–Crippen MR) is 122 cm³/mol. The quantitative estimate of drug-likeness (QED) is 0.527. The Morgan fingerprint density at radius 3 is 2.45 bits per heavy atom. The molecule has 1 aromatic heterocycles. The number of nitrogens with zero attached hydrogens (tertiary/aromatic N) is 3. The summed E-state index contributed by atoms with van der Waals surface area (Å²) in [4.78, 5) is 29.2. The van der Waals surface area contributed by atoms with E-state index in [0.29, 0.717) is 17.7 Å². The smallest absolute Gasteiger partial charge is 0.291 e. The Morgan fingerprint density at radius 2 is 1.79 bits per heavy atom. The first kappa shape index (κ1) is 21.2. The lowest BCUT2D eigenvalue weighted by atomic mass is 10.1. The summed E-state index contributed by atoms with van der Waals surface area (Å²) in [5, 5.41) is 10.4. The lowest BCUT2D eigenvalue weighted by Crippen LogP contribution is -2.30. The number of benzene rings is 2. The zero-order valence-electron chi connectivity index (χ0n) is 18.5. The highest BCUT2D eigenvalue weighted by Crippen LogP contribution is 2.39. The molecule has 1 atom stereocenters. The van der Waals surface area contributed by atoms with E-state index < -0.39 is 0 Å². The van der Waals surface area contributed by atoms with Gasteiger partial charge in [-0.2, -0.15) is 0 Å². The summed E-state index contributed by atoms with van der Waals surface area (Å²) in [6.45, 7) is 1.91. The number of rotatable bonds is 9. The Morgan fingerprint density at radius 1 is 1.06 bits per heavy atom. The number of carbonyl (C=O) groups is 2. The van der Waals surface area contributed by atoms with Crippen molar-refractivity contribution >= 4 is 11.8 Å². The van der Waals surface area contributed by atoms with Crippen molar-refractivity contribution < 1.29 is 14.3 Å². The summed E-state index contributed by atoms with van der Waals surface area (Å²) >= 11 is 0. The standard InChI is InChI=1S/C25H27N5O3/c1-16(17-9-13-21(14-10-17)33-15-22(31)27-19-11-12-19)26-25(32)23-28-24(18-7-8-18)30(29-23)20-5-3-2-4-6-20/h2-6,9-10,13-14,16,18-19H,7-8,11-12,15H2,1H3,(H,26,32)(H,27,31). The van der Waals surface area contributed by atoms with E-state index in [1.165, 1.54) is 0 Å². The summed E-state index contributed by atoms with van der Waals surface area (Å²) in [6, 6.07) is 17.2. The molecule has 2 fully saturated rings. The summed E-state index contributed by atoms with van der Waals surface area (Å²) in [7, 11) is 0. The molecule has 2 amide bonds. The Kier molecular flexibility index (Phi) is 5.81. The summed E-state index contributed by atoms with van der Waals surface area (Å²) in [6.07, 6.45) is 4.24. The zero-order chi connectivity index (χ0) is 22.8. The molecule has 0 spiro atoms. The molecular formula is C25H27N5O3. The number of amides is 2. The molecule has 33 heavy (non-hydrogen) atoms. The largest absolute Gasteiger partial charge is 0.484 e. The Balaban J connectivity index is 1.21. The molecule has 8 nitrogen and oxygen atoms in total. The molecular weight excluding hydrogens is 418 g/mol. The van der Waals surface area contributed by atoms with Crippen LogP contribution in [-0.2, 0) is 4.79 Å². The van der Waals surface area contributed by atoms with Gasteiger partial charge in [-0.25, -0.2) is 9.67 Å². The van der Waals surface area contributed by atoms with Crippen molar-refractivity contribution in [1.29, 1.82) is 0 Å². The van der Waals surface area contributed by atoms with E-state index in [-0.39, 0.29) is 30.3 Å². The summed E-state index contributed by atoms with van der Waals surface area (Å²) in [5.74, 6) is 1.57. The zero-order valence-corrected chi connectivity index (χ0v) is 18.5. The number of hydrogen-bond acceptors (Lipinski definition) is 5. The van der Waals surface area contributed by atoms with Crippen LogP contribution in [0.2, 0.25) is 0 Å². The summed E-state index contributed by atoms with van der Waals surface area (Å²) in [5.41, 5.74) is 1.82. The van der Waals surface area contributed by atoms with Gasteiger partial charge in [0.15, 0.2) is 6.61 Å². The van der Waals surface area contributed by atoms with Crippen molar-refractivity contribution in [3.8, 4) is 11.4 Å². The third-order valence-electron chi connectivity index (χ3n) is 5.82. The maximum Gasteiger partial charge on any atom is 0.291 e. The molecule has 3 aromatic rings. The van der Waals surface area contributed by atoms with Crippen LogP contribution < -0.4 is 15.4 Å². The fourth-order valence-corrected chi connectivity index (χ4v) is 3.63. The van der Waals surface area contributed by atoms with Gasteiger partial charge >= 0.3 is 0 Å². The molecule has 0 radical (unpaired) electrons. The van der Waals surface area contributed by atoms with E-state index in [4.69, 9.17) is 4.74 Å². The van der Waals surface area contributed by atoms with E-state index in [0.717, 1.165) is 42.8 Å². The minimum atomic E-state index is -0.309. The van der Waals surface area contributed by atoms with E-state index in [1.807, 2.05) is 49.4 Å². The van der Waals surface area contributed by atoms with Crippen LogP contribution >= 0.6 is 0 Å². The lowest BCUT2D eigenvalue weighted by Gasteiger charge is -2.14. The van der Waals surface area contributed by atoms with Crippen molar-refractivity contribution in [2.24, 2.45) is 0 Å². The first-order valence-electron chi connectivity index (χ1n) is 11.4. The second-order valence-corrected chi connectivity index (χ2v) is 8.71. The maximum atomic E-state index is 12.9. The van der Waals surface area contributed by atoms with Crippen LogP contribution in [0.3, 0.4) is 0 Å². The van der Waals surface area contributed by atoms with Crippen LogP contribution in [0.5, 0.6) is 5.75 Å². The van der Waals surface area contributed by atoms with Crippen molar-refractivity contribution in [3.05, 3.63) is 71.8 Å². The normalized spacial score (nSPS) is 16.2. The average Bonchev–Trinajstić information content (AvgIpc) is 3.78. The van der Waals surface area contributed by atoms with Crippen molar-refractivity contribution in [2.45, 2.75) is 50.6 Å². The minimum Gasteiger partial charge on any atom is -0.484 e. The molecule has 8 heteroatoms. The van der Waals surface area contributed by atoms with Crippen molar-refractivity contribution in [1.82, 2.24) is 25.4 Å². The van der Waals surface area contributed by atoms with Crippen LogP contribution in [0.1, 0.15) is 66.6 Å². The van der Waals surface area contributed by atoms with Gasteiger partial charge in [-0.3, -0.25) is 9.59 Å². The van der Waals surface area contributed by atoms with Gasteiger partial charge in [0, 0.05) is 12.0 Å². The van der Waals surface area contributed by atoms with Crippen LogP contribution in [0, 0.1) is 0 Å². The Labute approximate surface area is 192 Å². The molecule has 0 saturated heterocycles. The fraction of sp³-hybridized carbons (Fsp3) is 0.360. The molecule has 2 aliphatic carbocycles. The second-order valence-electron chi connectivity index (χ2n) is 8.71. The maximum absolute atomic E-state index is 12.9. The van der Waals surface area contributed by atoms with Crippen LogP contribution in [-0.4, -0.2) is 39.2 Å². The fourth-order valence-electron chi connectivity index (χ4n) is 3.63. The predicted octanol–water partition coefficient (Wildman–Crippen LogP) is 3.29. The number of nitrogens with one attached hydrogen (secondary N) is 2. The molecule has 5 rings (SSSR count). The second kappa shape index (κ2) is 9.05.